The molecule has 0 aliphatic rings. The van der Waals surface area contributed by atoms with Crippen LogP contribution in [0.1, 0.15) is 12.7 Å². The van der Waals surface area contributed by atoms with Gasteiger partial charge in [-0.05, 0) is 12.1 Å². The van der Waals surface area contributed by atoms with Crippen molar-refractivity contribution < 1.29 is 0 Å². The molecule has 2 aromatic rings. The summed E-state index contributed by atoms with van der Waals surface area (Å²) in [5.41, 5.74) is 8.89. The fraction of sp³-hybridized carbons (Fsp3) is 0.286. The zero-order valence-electron chi connectivity index (χ0n) is 11.0. The highest BCUT2D eigenvalue weighted by molar-refractivity contribution is 5.64. The zero-order valence-corrected chi connectivity index (χ0v) is 11.0. The maximum absolute atomic E-state index is 5.79. The number of aryl methyl sites for hydroxylation is 1. The van der Waals surface area contributed by atoms with Crippen LogP contribution in [0.4, 0.5) is 11.5 Å². The lowest BCUT2D eigenvalue weighted by Gasteiger charge is -2.12. The third-order valence-corrected chi connectivity index (χ3v) is 2.79. The Morgan fingerprint density at radius 3 is 2.33 bits per heavy atom. The molecule has 1 heterocycles. The van der Waals surface area contributed by atoms with Crippen LogP contribution in [0.2, 0.25) is 0 Å². The van der Waals surface area contributed by atoms with Crippen LogP contribution in [-0.2, 0) is 6.42 Å². The molecule has 1 aromatic carbocycles. The number of anilines is 2. The molecule has 0 amide bonds. The summed E-state index contributed by atoms with van der Waals surface area (Å²) in [4.78, 5) is 10.7. The van der Waals surface area contributed by atoms with Gasteiger partial charge in [0.15, 0.2) is 0 Å². The van der Waals surface area contributed by atoms with Gasteiger partial charge >= 0.3 is 0 Å². The SMILES string of the molecule is CCc1nc(N)cc(-c2ccc(N(C)C)cc2)n1. The van der Waals surface area contributed by atoms with Gasteiger partial charge in [0.05, 0.1) is 5.69 Å². The molecule has 0 aliphatic heterocycles. The fourth-order valence-electron chi connectivity index (χ4n) is 1.75. The Morgan fingerprint density at radius 2 is 1.78 bits per heavy atom. The molecule has 0 atom stereocenters. The highest BCUT2D eigenvalue weighted by Gasteiger charge is 2.04. The number of rotatable bonds is 3. The van der Waals surface area contributed by atoms with Gasteiger partial charge in [-0.1, -0.05) is 19.1 Å². The lowest BCUT2D eigenvalue weighted by molar-refractivity contribution is 0.949. The summed E-state index contributed by atoms with van der Waals surface area (Å²) in [6.07, 6.45) is 0.786. The van der Waals surface area contributed by atoms with E-state index in [1.807, 2.05) is 27.1 Å². The molecule has 2 rings (SSSR count). The molecular weight excluding hydrogens is 224 g/mol. The third kappa shape index (κ3) is 2.59. The van der Waals surface area contributed by atoms with Crippen LogP contribution >= 0.6 is 0 Å². The van der Waals surface area contributed by atoms with Gasteiger partial charge in [-0.15, -0.1) is 0 Å². The molecule has 0 spiro atoms. The summed E-state index contributed by atoms with van der Waals surface area (Å²) >= 11 is 0. The van der Waals surface area contributed by atoms with Crippen molar-refractivity contribution >= 4 is 11.5 Å². The summed E-state index contributed by atoms with van der Waals surface area (Å²) in [5.74, 6) is 1.30. The Labute approximate surface area is 107 Å². The Balaban J connectivity index is 2.39. The molecule has 0 fully saturated rings. The predicted octanol–water partition coefficient (Wildman–Crippen LogP) is 2.35. The van der Waals surface area contributed by atoms with E-state index in [2.05, 4.69) is 39.1 Å². The smallest absolute Gasteiger partial charge is 0.131 e. The van der Waals surface area contributed by atoms with Crippen molar-refractivity contribution in [1.29, 1.82) is 0 Å². The largest absolute Gasteiger partial charge is 0.384 e. The maximum atomic E-state index is 5.79. The number of hydrogen-bond donors (Lipinski definition) is 1. The molecular formula is C14H18N4. The first-order valence-corrected chi connectivity index (χ1v) is 6.01. The molecule has 4 nitrogen and oxygen atoms in total. The highest BCUT2D eigenvalue weighted by atomic mass is 15.1. The summed E-state index contributed by atoms with van der Waals surface area (Å²) in [6.45, 7) is 2.02. The Morgan fingerprint density at radius 1 is 1.11 bits per heavy atom. The first-order chi connectivity index (χ1) is 8.60. The van der Waals surface area contributed by atoms with E-state index in [-0.39, 0.29) is 0 Å². The van der Waals surface area contributed by atoms with Crippen molar-refractivity contribution in [2.24, 2.45) is 0 Å². The fourth-order valence-corrected chi connectivity index (χ4v) is 1.75. The van der Waals surface area contributed by atoms with Gasteiger partial charge in [-0.3, -0.25) is 0 Å². The minimum absolute atomic E-state index is 0.522. The molecule has 0 saturated heterocycles. The van der Waals surface area contributed by atoms with Crippen molar-refractivity contribution in [1.82, 2.24) is 9.97 Å². The van der Waals surface area contributed by atoms with Crippen LogP contribution in [0, 0.1) is 0 Å². The molecule has 0 bridgehead atoms. The van der Waals surface area contributed by atoms with Crippen molar-refractivity contribution in [2.45, 2.75) is 13.3 Å². The van der Waals surface area contributed by atoms with Crippen molar-refractivity contribution in [3.8, 4) is 11.3 Å². The normalized spacial score (nSPS) is 10.4. The van der Waals surface area contributed by atoms with E-state index in [0.717, 1.165) is 29.2 Å². The zero-order chi connectivity index (χ0) is 13.1. The first-order valence-electron chi connectivity index (χ1n) is 6.01. The quantitative estimate of drug-likeness (QED) is 0.897. The van der Waals surface area contributed by atoms with Gasteiger partial charge in [0.2, 0.25) is 0 Å². The van der Waals surface area contributed by atoms with E-state index in [0.29, 0.717) is 5.82 Å². The second-order valence-corrected chi connectivity index (χ2v) is 4.39. The summed E-state index contributed by atoms with van der Waals surface area (Å²) in [7, 11) is 4.04. The van der Waals surface area contributed by atoms with Crippen molar-refractivity contribution in [3.05, 3.63) is 36.2 Å². The molecule has 0 unspecified atom stereocenters. The molecule has 0 saturated carbocycles. The lowest BCUT2D eigenvalue weighted by atomic mass is 10.1. The topological polar surface area (TPSA) is 55.0 Å². The van der Waals surface area contributed by atoms with Crippen LogP contribution < -0.4 is 10.6 Å². The number of hydrogen-bond acceptors (Lipinski definition) is 4. The molecule has 0 radical (unpaired) electrons. The molecule has 1 aromatic heterocycles. The van der Waals surface area contributed by atoms with E-state index in [9.17, 15) is 0 Å². The minimum atomic E-state index is 0.522. The summed E-state index contributed by atoms with van der Waals surface area (Å²) in [5, 5.41) is 0. The molecule has 94 valence electrons. The van der Waals surface area contributed by atoms with E-state index in [1.54, 1.807) is 0 Å². The van der Waals surface area contributed by atoms with Crippen molar-refractivity contribution in [2.75, 3.05) is 24.7 Å². The van der Waals surface area contributed by atoms with Crippen LogP contribution in [0.15, 0.2) is 30.3 Å². The summed E-state index contributed by atoms with van der Waals surface area (Å²) in [6, 6.07) is 10.1. The van der Waals surface area contributed by atoms with Gasteiger partial charge in [0.25, 0.3) is 0 Å². The molecule has 2 N–H and O–H groups in total. The second-order valence-electron chi connectivity index (χ2n) is 4.39. The lowest BCUT2D eigenvalue weighted by Crippen LogP contribution is -2.08. The number of nitrogens with zero attached hydrogens (tertiary/aromatic N) is 3. The van der Waals surface area contributed by atoms with E-state index in [1.165, 1.54) is 0 Å². The van der Waals surface area contributed by atoms with Crippen LogP contribution in [0.25, 0.3) is 11.3 Å². The van der Waals surface area contributed by atoms with Gasteiger partial charge < -0.3 is 10.6 Å². The Hall–Kier alpha value is -2.10. The van der Waals surface area contributed by atoms with Gasteiger partial charge in [-0.2, -0.15) is 0 Å². The standard InChI is InChI=1S/C14H18N4/c1-4-14-16-12(9-13(15)17-14)10-5-7-11(8-6-10)18(2)3/h5-9H,4H2,1-3H3,(H2,15,16,17). The molecule has 0 aliphatic carbocycles. The molecule has 18 heavy (non-hydrogen) atoms. The maximum Gasteiger partial charge on any atom is 0.131 e. The first kappa shape index (κ1) is 12.4. The van der Waals surface area contributed by atoms with Crippen LogP contribution in [-0.4, -0.2) is 24.1 Å². The number of benzene rings is 1. The van der Waals surface area contributed by atoms with Gasteiger partial charge in [0.1, 0.15) is 11.6 Å². The van der Waals surface area contributed by atoms with Crippen LogP contribution in [0.5, 0.6) is 0 Å². The average molecular weight is 242 g/mol. The van der Waals surface area contributed by atoms with E-state index >= 15 is 0 Å². The number of nitrogens with two attached hydrogens (primary N) is 1. The van der Waals surface area contributed by atoms with Gasteiger partial charge in [-0.25, -0.2) is 9.97 Å². The number of aromatic nitrogens is 2. The average Bonchev–Trinajstić information content (AvgIpc) is 2.38. The number of nitrogen functional groups attached to an aromatic ring is 1. The third-order valence-electron chi connectivity index (χ3n) is 2.79. The Kier molecular flexibility index (Phi) is 3.46. The predicted molar refractivity (Wildman–Crippen MR) is 75.6 cm³/mol. The highest BCUT2D eigenvalue weighted by Crippen LogP contribution is 2.22. The van der Waals surface area contributed by atoms with Crippen molar-refractivity contribution in [3.63, 3.8) is 0 Å². The Bertz CT molecular complexity index is 532. The monoisotopic (exact) mass is 242 g/mol. The van der Waals surface area contributed by atoms with Gasteiger partial charge in [0, 0.05) is 37.8 Å². The van der Waals surface area contributed by atoms with E-state index in [4.69, 9.17) is 5.73 Å². The molecule has 4 heteroatoms. The second kappa shape index (κ2) is 5.04. The van der Waals surface area contributed by atoms with E-state index < -0.39 is 0 Å². The summed E-state index contributed by atoms with van der Waals surface area (Å²) < 4.78 is 0. The van der Waals surface area contributed by atoms with Crippen LogP contribution in [0.3, 0.4) is 0 Å². The minimum Gasteiger partial charge on any atom is -0.384 e.